The summed E-state index contributed by atoms with van der Waals surface area (Å²) in [7, 11) is -3.26. The summed E-state index contributed by atoms with van der Waals surface area (Å²) < 4.78 is 24.6. The van der Waals surface area contributed by atoms with Crippen molar-refractivity contribution < 1.29 is 8.42 Å². The fourth-order valence-corrected chi connectivity index (χ4v) is 2.31. The van der Waals surface area contributed by atoms with E-state index in [0.29, 0.717) is 16.0 Å². The lowest BCUT2D eigenvalue weighted by atomic mass is 10.4. The van der Waals surface area contributed by atoms with Crippen LogP contribution in [0.1, 0.15) is 0 Å². The molecule has 2 heterocycles. The van der Waals surface area contributed by atoms with Gasteiger partial charge in [-0.3, -0.25) is 0 Å². The quantitative estimate of drug-likeness (QED) is 0.893. The zero-order valence-corrected chi connectivity index (χ0v) is 11.2. The van der Waals surface area contributed by atoms with Gasteiger partial charge in [0, 0.05) is 6.26 Å². The lowest BCUT2D eigenvalue weighted by Crippen LogP contribution is -2.00. The van der Waals surface area contributed by atoms with Gasteiger partial charge in [0.25, 0.3) is 0 Å². The lowest BCUT2D eigenvalue weighted by molar-refractivity contribution is 0.602. The van der Waals surface area contributed by atoms with Gasteiger partial charge in [-0.15, -0.1) is 0 Å². The van der Waals surface area contributed by atoms with Gasteiger partial charge in [-0.05, 0) is 22.0 Å². The van der Waals surface area contributed by atoms with E-state index in [9.17, 15) is 8.42 Å². The summed E-state index contributed by atoms with van der Waals surface area (Å²) in [6.07, 6.45) is 5.28. The average molecular weight is 317 g/mol. The molecular formula is C9H9BrN4O2S. The SMILES string of the molecule is CS(=O)(=O)c1cnn(-c2ncc(N)cc2Br)c1. The molecule has 0 radical (unpaired) electrons. The molecule has 2 aromatic heterocycles. The Bertz CT molecular complexity index is 665. The molecule has 0 aliphatic rings. The molecule has 0 amide bonds. The minimum atomic E-state index is -3.26. The van der Waals surface area contributed by atoms with Crippen LogP contribution in [0, 0.1) is 0 Å². The van der Waals surface area contributed by atoms with Gasteiger partial charge >= 0.3 is 0 Å². The summed E-state index contributed by atoms with van der Waals surface area (Å²) in [5.41, 5.74) is 6.07. The van der Waals surface area contributed by atoms with Crippen LogP contribution in [-0.2, 0) is 9.84 Å². The number of hydrogen-bond donors (Lipinski definition) is 1. The molecule has 0 aliphatic carbocycles. The summed E-state index contributed by atoms with van der Waals surface area (Å²) >= 11 is 3.29. The Morgan fingerprint density at radius 3 is 2.65 bits per heavy atom. The van der Waals surface area contributed by atoms with Crippen molar-refractivity contribution in [3.05, 3.63) is 29.1 Å². The third-order valence-corrected chi connectivity index (χ3v) is 3.70. The van der Waals surface area contributed by atoms with Crippen molar-refractivity contribution in [3.8, 4) is 5.82 Å². The zero-order chi connectivity index (χ0) is 12.6. The summed E-state index contributed by atoms with van der Waals surface area (Å²) in [5.74, 6) is 0.481. The largest absolute Gasteiger partial charge is 0.397 e. The Labute approximate surface area is 107 Å². The molecule has 0 fully saturated rings. The molecule has 6 nitrogen and oxygen atoms in total. The average Bonchev–Trinajstić information content (AvgIpc) is 2.65. The van der Waals surface area contributed by atoms with E-state index in [-0.39, 0.29) is 4.90 Å². The Kier molecular flexibility index (Phi) is 2.92. The number of halogens is 1. The summed E-state index contributed by atoms with van der Waals surface area (Å²) in [4.78, 5) is 4.22. The standard InChI is InChI=1S/C9H9BrN4O2S/c1-17(15,16)7-4-13-14(5-7)9-8(10)2-6(11)3-12-9/h2-5H,11H2,1H3. The summed E-state index contributed by atoms with van der Waals surface area (Å²) in [6, 6.07) is 1.67. The number of nitrogen functional groups attached to an aromatic ring is 1. The molecular weight excluding hydrogens is 308 g/mol. The Hall–Kier alpha value is -1.41. The molecule has 8 heteroatoms. The van der Waals surface area contributed by atoms with Gasteiger partial charge in [0.15, 0.2) is 15.7 Å². The van der Waals surface area contributed by atoms with Gasteiger partial charge < -0.3 is 5.73 Å². The predicted molar refractivity (Wildman–Crippen MR) is 66.6 cm³/mol. The van der Waals surface area contributed by atoms with E-state index in [1.54, 1.807) is 6.07 Å². The molecule has 0 atom stereocenters. The second kappa shape index (κ2) is 4.11. The lowest BCUT2D eigenvalue weighted by Gasteiger charge is -2.03. The second-order valence-corrected chi connectivity index (χ2v) is 6.34. The number of aromatic nitrogens is 3. The molecule has 90 valence electrons. The highest BCUT2D eigenvalue weighted by Crippen LogP contribution is 2.21. The number of pyridine rings is 1. The Morgan fingerprint density at radius 1 is 1.41 bits per heavy atom. The molecule has 17 heavy (non-hydrogen) atoms. The highest BCUT2D eigenvalue weighted by atomic mass is 79.9. The van der Waals surface area contributed by atoms with E-state index in [4.69, 9.17) is 5.73 Å². The number of hydrogen-bond acceptors (Lipinski definition) is 5. The highest BCUT2D eigenvalue weighted by Gasteiger charge is 2.12. The maximum atomic E-state index is 11.3. The Balaban J connectivity index is 2.51. The first-order chi connectivity index (χ1) is 7.88. The first-order valence-corrected chi connectivity index (χ1v) is 7.22. The van der Waals surface area contributed by atoms with E-state index < -0.39 is 9.84 Å². The molecule has 2 aromatic rings. The van der Waals surface area contributed by atoms with Crippen molar-refractivity contribution >= 4 is 31.5 Å². The van der Waals surface area contributed by atoms with Crippen LogP contribution in [0.4, 0.5) is 5.69 Å². The van der Waals surface area contributed by atoms with Crippen LogP contribution in [0.5, 0.6) is 0 Å². The highest BCUT2D eigenvalue weighted by molar-refractivity contribution is 9.10. The van der Waals surface area contributed by atoms with Crippen LogP contribution >= 0.6 is 15.9 Å². The van der Waals surface area contributed by atoms with Crippen molar-refractivity contribution in [1.82, 2.24) is 14.8 Å². The van der Waals surface area contributed by atoms with Crippen molar-refractivity contribution in [2.45, 2.75) is 4.90 Å². The first-order valence-electron chi connectivity index (χ1n) is 4.54. The van der Waals surface area contributed by atoms with Gasteiger partial charge in [-0.1, -0.05) is 0 Å². The van der Waals surface area contributed by atoms with E-state index >= 15 is 0 Å². The fraction of sp³-hybridized carbons (Fsp3) is 0.111. The van der Waals surface area contributed by atoms with Gasteiger partial charge in [-0.25, -0.2) is 18.1 Å². The first kappa shape index (κ1) is 12.1. The zero-order valence-electron chi connectivity index (χ0n) is 8.83. The monoisotopic (exact) mass is 316 g/mol. The van der Waals surface area contributed by atoms with Gasteiger partial charge in [0.2, 0.25) is 0 Å². The van der Waals surface area contributed by atoms with E-state index in [2.05, 4.69) is 26.0 Å². The molecule has 0 spiro atoms. The minimum absolute atomic E-state index is 0.142. The number of rotatable bonds is 2. The van der Waals surface area contributed by atoms with E-state index in [0.717, 1.165) is 6.26 Å². The summed E-state index contributed by atoms with van der Waals surface area (Å²) in [5, 5.41) is 3.95. The molecule has 0 aromatic carbocycles. The predicted octanol–water partition coefficient (Wildman–Crippen LogP) is 1.02. The van der Waals surface area contributed by atoms with Crippen molar-refractivity contribution in [2.24, 2.45) is 0 Å². The van der Waals surface area contributed by atoms with Gasteiger partial charge in [0.1, 0.15) is 4.90 Å². The van der Waals surface area contributed by atoms with Crippen LogP contribution in [0.15, 0.2) is 34.0 Å². The van der Waals surface area contributed by atoms with Crippen LogP contribution in [0.2, 0.25) is 0 Å². The van der Waals surface area contributed by atoms with Gasteiger partial charge in [-0.2, -0.15) is 5.10 Å². The molecule has 0 unspecified atom stereocenters. The maximum absolute atomic E-state index is 11.3. The smallest absolute Gasteiger partial charge is 0.178 e. The number of nitrogens with zero attached hydrogens (tertiary/aromatic N) is 3. The van der Waals surface area contributed by atoms with Crippen molar-refractivity contribution in [3.63, 3.8) is 0 Å². The number of nitrogens with two attached hydrogens (primary N) is 1. The number of sulfone groups is 1. The molecule has 0 bridgehead atoms. The molecule has 2 rings (SSSR count). The molecule has 0 aliphatic heterocycles. The van der Waals surface area contributed by atoms with E-state index in [1.807, 2.05) is 0 Å². The summed E-state index contributed by atoms with van der Waals surface area (Å²) in [6.45, 7) is 0. The minimum Gasteiger partial charge on any atom is -0.397 e. The Morgan fingerprint density at radius 2 is 2.12 bits per heavy atom. The normalized spacial score (nSPS) is 11.6. The molecule has 2 N–H and O–H groups in total. The second-order valence-electron chi connectivity index (χ2n) is 3.47. The van der Waals surface area contributed by atoms with E-state index in [1.165, 1.54) is 23.3 Å². The van der Waals surface area contributed by atoms with Gasteiger partial charge in [0.05, 0.1) is 28.8 Å². The van der Waals surface area contributed by atoms with Crippen molar-refractivity contribution in [1.29, 1.82) is 0 Å². The van der Waals surface area contributed by atoms with Crippen LogP contribution in [0.3, 0.4) is 0 Å². The number of anilines is 1. The fourth-order valence-electron chi connectivity index (χ4n) is 1.23. The molecule has 0 saturated heterocycles. The third kappa shape index (κ3) is 2.47. The third-order valence-electron chi connectivity index (χ3n) is 2.05. The maximum Gasteiger partial charge on any atom is 0.178 e. The van der Waals surface area contributed by atoms with Crippen LogP contribution in [-0.4, -0.2) is 29.4 Å². The van der Waals surface area contributed by atoms with Crippen LogP contribution in [0.25, 0.3) is 5.82 Å². The molecule has 0 saturated carbocycles. The topological polar surface area (TPSA) is 90.9 Å². The van der Waals surface area contributed by atoms with Crippen molar-refractivity contribution in [2.75, 3.05) is 12.0 Å². The van der Waals surface area contributed by atoms with Crippen LogP contribution < -0.4 is 5.73 Å².